The molecular formula is C21H38IN5S. The van der Waals surface area contributed by atoms with Gasteiger partial charge in [0.2, 0.25) is 0 Å². The highest BCUT2D eigenvalue weighted by molar-refractivity contribution is 14.0. The second kappa shape index (κ2) is 13.0. The molecule has 160 valence electrons. The van der Waals surface area contributed by atoms with Crippen molar-refractivity contribution in [3.05, 3.63) is 22.4 Å². The van der Waals surface area contributed by atoms with Crippen LogP contribution < -0.4 is 10.6 Å². The molecule has 2 unspecified atom stereocenters. The third-order valence-electron chi connectivity index (χ3n) is 5.99. The number of hydrogen-bond acceptors (Lipinski definition) is 4. The van der Waals surface area contributed by atoms with Crippen LogP contribution in [-0.4, -0.2) is 69.1 Å². The third-order valence-corrected chi connectivity index (χ3v) is 6.93. The van der Waals surface area contributed by atoms with E-state index in [9.17, 15) is 0 Å². The Kier molecular flexibility index (Phi) is 11.1. The number of aliphatic imine (C=N–C) groups is 1. The maximum absolute atomic E-state index is 4.43. The first-order valence-corrected chi connectivity index (χ1v) is 11.6. The van der Waals surface area contributed by atoms with E-state index in [1.54, 1.807) is 0 Å². The Morgan fingerprint density at radius 3 is 2.71 bits per heavy atom. The molecule has 0 radical (unpaired) electrons. The van der Waals surface area contributed by atoms with E-state index in [2.05, 4.69) is 50.0 Å². The van der Waals surface area contributed by atoms with Crippen molar-refractivity contribution in [1.82, 2.24) is 20.4 Å². The fourth-order valence-corrected chi connectivity index (χ4v) is 5.49. The standard InChI is InChI=1S/C21H37N5S.HI/c1-22-21(23-11-3-4-13-26-14-5-6-15-26)24-17-18-9-7-12-25(2)20(18)19-10-8-16-27-19;/h8,10,16,18,20H,3-7,9,11-15,17H2,1-2H3,(H2,22,23,24);1H. The molecule has 5 nitrogen and oxygen atoms in total. The van der Waals surface area contributed by atoms with Crippen molar-refractivity contribution in [3.8, 4) is 0 Å². The largest absolute Gasteiger partial charge is 0.356 e. The van der Waals surface area contributed by atoms with Crippen LogP contribution in [0.3, 0.4) is 0 Å². The fraction of sp³-hybridized carbons (Fsp3) is 0.762. The molecule has 2 aliphatic heterocycles. The Morgan fingerprint density at radius 2 is 2.00 bits per heavy atom. The first-order valence-electron chi connectivity index (χ1n) is 10.7. The van der Waals surface area contributed by atoms with Gasteiger partial charge in [0.25, 0.3) is 0 Å². The van der Waals surface area contributed by atoms with Gasteiger partial charge < -0.3 is 15.5 Å². The lowest BCUT2D eigenvalue weighted by atomic mass is 9.88. The van der Waals surface area contributed by atoms with Crippen molar-refractivity contribution < 1.29 is 0 Å². The summed E-state index contributed by atoms with van der Waals surface area (Å²) in [7, 11) is 4.15. The van der Waals surface area contributed by atoms with E-state index in [1.807, 2.05) is 18.4 Å². The van der Waals surface area contributed by atoms with Crippen LogP contribution in [0.5, 0.6) is 0 Å². The van der Waals surface area contributed by atoms with Crippen molar-refractivity contribution >= 4 is 41.3 Å². The second-order valence-electron chi connectivity index (χ2n) is 7.98. The van der Waals surface area contributed by atoms with Gasteiger partial charge in [-0.3, -0.25) is 9.89 Å². The van der Waals surface area contributed by atoms with E-state index < -0.39 is 0 Å². The van der Waals surface area contributed by atoms with Crippen LogP contribution in [0.15, 0.2) is 22.5 Å². The van der Waals surface area contributed by atoms with Gasteiger partial charge >= 0.3 is 0 Å². The number of rotatable bonds is 8. The lowest BCUT2D eigenvalue weighted by Crippen LogP contribution is -2.45. The molecule has 2 fully saturated rings. The fourth-order valence-electron chi connectivity index (χ4n) is 4.50. The summed E-state index contributed by atoms with van der Waals surface area (Å²) >= 11 is 1.89. The molecule has 0 aromatic carbocycles. The molecule has 0 spiro atoms. The predicted molar refractivity (Wildman–Crippen MR) is 132 cm³/mol. The summed E-state index contributed by atoms with van der Waals surface area (Å²) < 4.78 is 0. The van der Waals surface area contributed by atoms with Gasteiger partial charge in [0.15, 0.2) is 5.96 Å². The average molecular weight is 520 g/mol. The Labute approximate surface area is 192 Å². The Hall–Kier alpha value is -0.380. The summed E-state index contributed by atoms with van der Waals surface area (Å²) in [5.74, 6) is 1.59. The molecule has 7 heteroatoms. The first kappa shape index (κ1) is 23.9. The molecule has 0 bridgehead atoms. The van der Waals surface area contributed by atoms with E-state index in [0.29, 0.717) is 12.0 Å². The Bertz CT molecular complexity index is 559. The van der Waals surface area contributed by atoms with Gasteiger partial charge in [-0.2, -0.15) is 0 Å². The lowest BCUT2D eigenvalue weighted by Gasteiger charge is -2.39. The summed E-state index contributed by atoms with van der Waals surface area (Å²) in [6.07, 6.45) is 7.83. The van der Waals surface area contributed by atoms with Crippen molar-refractivity contribution in [2.45, 2.75) is 44.6 Å². The van der Waals surface area contributed by atoms with Crippen molar-refractivity contribution in [2.75, 3.05) is 53.4 Å². The lowest BCUT2D eigenvalue weighted by molar-refractivity contribution is 0.125. The molecule has 3 heterocycles. The summed E-state index contributed by atoms with van der Waals surface area (Å²) in [5, 5.41) is 9.29. The molecular weight excluding hydrogens is 481 g/mol. The van der Waals surface area contributed by atoms with E-state index in [0.717, 1.165) is 19.0 Å². The summed E-state index contributed by atoms with van der Waals surface area (Å²) in [6, 6.07) is 5.00. The molecule has 2 saturated heterocycles. The normalized spacial score (nSPS) is 24.1. The average Bonchev–Trinajstić information content (AvgIpc) is 3.38. The highest BCUT2D eigenvalue weighted by atomic mass is 127. The molecule has 2 atom stereocenters. The molecule has 0 amide bonds. The monoisotopic (exact) mass is 519 g/mol. The number of unbranched alkanes of at least 4 members (excludes halogenated alkanes) is 1. The number of piperidine rings is 1. The minimum absolute atomic E-state index is 0. The molecule has 1 aromatic heterocycles. The Morgan fingerprint density at radius 1 is 1.18 bits per heavy atom. The molecule has 28 heavy (non-hydrogen) atoms. The quantitative estimate of drug-likeness (QED) is 0.238. The molecule has 2 N–H and O–H groups in total. The van der Waals surface area contributed by atoms with Crippen LogP contribution >= 0.6 is 35.3 Å². The van der Waals surface area contributed by atoms with Gasteiger partial charge in [0, 0.05) is 31.1 Å². The molecule has 2 aliphatic rings. The van der Waals surface area contributed by atoms with Gasteiger partial charge in [-0.15, -0.1) is 35.3 Å². The maximum Gasteiger partial charge on any atom is 0.190 e. The number of hydrogen-bond donors (Lipinski definition) is 2. The number of nitrogens with one attached hydrogen (secondary N) is 2. The van der Waals surface area contributed by atoms with Gasteiger partial charge in [0.1, 0.15) is 0 Å². The first-order chi connectivity index (χ1) is 13.3. The SMILES string of the molecule is CN=C(NCCCCN1CCCC1)NCC1CCCN(C)C1c1cccs1.I. The zero-order valence-electron chi connectivity index (χ0n) is 17.5. The zero-order valence-corrected chi connectivity index (χ0v) is 20.7. The topological polar surface area (TPSA) is 42.9 Å². The molecule has 3 rings (SSSR count). The minimum Gasteiger partial charge on any atom is -0.356 e. The molecule has 0 saturated carbocycles. The van der Waals surface area contributed by atoms with Gasteiger partial charge in [-0.1, -0.05) is 6.07 Å². The van der Waals surface area contributed by atoms with Crippen molar-refractivity contribution in [3.63, 3.8) is 0 Å². The van der Waals surface area contributed by atoms with Crippen LogP contribution in [0.25, 0.3) is 0 Å². The van der Waals surface area contributed by atoms with Crippen LogP contribution in [-0.2, 0) is 0 Å². The van der Waals surface area contributed by atoms with Gasteiger partial charge in [-0.25, -0.2) is 0 Å². The molecule has 1 aromatic rings. The van der Waals surface area contributed by atoms with E-state index in [-0.39, 0.29) is 24.0 Å². The number of guanidine groups is 1. The van der Waals surface area contributed by atoms with Crippen LogP contribution in [0.2, 0.25) is 0 Å². The summed E-state index contributed by atoms with van der Waals surface area (Å²) in [4.78, 5) is 11.0. The van der Waals surface area contributed by atoms with Crippen molar-refractivity contribution in [1.29, 1.82) is 0 Å². The highest BCUT2D eigenvalue weighted by Crippen LogP contribution is 2.36. The van der Waals surface area contributed by atoms with E-state index in [4.69, 9.17) is 0 Å². The summed E-state index contributed by atoms with van der Waals surface area (Å²) in [5.41, 5.74) is 0. The van der Waals surface area contributed by atoms with Crippen molar-refractivity contribution in [2.24, 2.45) is 10.9 Å². The third kappa shape index (κ3) is 7.15. The number of halogens is 1. The Balaban J connectivity index is 0.00000280. The van der Waals surface area contributed by atoms with Crippen LogP contribution in [0.4, 0.5) is 0 Å². The number of likely N-dealkylation sites (tertiary alicyclic amines) is 2. The van der Waals surface area contributed by atoms with Gasteiger partial charge in [0.05, 0.1) is 0 Å². The maximum atomic E-state index is 4.43. The molecule has 0 aliphatic carbocycles. The van der Waals surface area contributed by atoms with E-state index >= 15 is 0 Å². The van der Waals surface area contributed by atoms with E-state index in [1.165, 1.54) is 69.6 Å². The second-order valence-corrected chi connectivity index (χ2v) is 8.96. The number of thiophene rings is 1. The highest BCUT2D eigenvalue weighted by Gasteiger charge is 2.31. The zero-order chi connectivity index (χ0) is 18.9. The van der Waals surface area contributed by atoms with Gasteiger partial charge in [-0.05, 0) is 89.1 Å². The predicted octanol–water partition coefficient (Wildman–Crippen LogP) is 3.79. The number of nitrogens with zero attached hydrogens (tertiary/aromatic N) is 3. The van der Waals surface area contributed by atoms with Crippen LogP contribution in [0, 0.1) is 5.92 Å². The smallest absolute Gasteiger partial charge is 0.190 e. The summed E-state index contributed by atoms with van der Waals surface area (Å²) in [6.45, 7) is 7.05. The minimum atomic E-state index is 0. The van der Waals surface area contributed by atoms with Crippen LogP contribution in [0.1, 0.15) is 49.4 Å².